The molecule has 18 heavy (non-hydrogen) atoms. The van der Waals surface area contributed by atoms with Gasteiger partial charge in [0, 0.05) is 11.6 Å². The number of benzene rings is 1. The quantitative estimate of drug-likeness (QED) is 0.937. The number of ether oxygens (including phenoxy) is 1. The van der Waals surface area contributed by atoms with E-state index in [-0.39, 0.29) is 18.4 Å². The molecule has 0 aliphatic rings. The summed E-state index contributed by atoms with van der Waals surface area (Å²) in [6.07, 6.45) is 0. The van der Waals surface area contributed by atoms with E-state index in [4.69, 9.17) is 10.5 Å². The van der Waals surface area contributed by atoms with Crippen molar-refractivity contribution in [2.24, 2.45) is 5.73 Å². The van der Waals surface area contributed by atoms with E-state index in [1.165, 1.54) is 4.88 Å². The van der Waals surface area contributed by atoms with Crippen LogP contribution in [0.4, 0.5) is 0 Å². The Morgan fingerprint density at radius 3 is 2.61 bits per heavy atom. The molecule has 0 bridgehead atoms. The molecule has 2 rings (SSSR count). The van der Waals surface area contributed by atoms with E-state index in [0.29, 0.717) is 0 Å². The van der Waals surface area contributed by atoms with Crippen molar-refractivity contribution in [3.05, 3.63) is 35.0 Å². The maximum atomic E-state index is 5.90. The fourth-order valence-corrected chi connectivity index (χ4v) is 2.61. The molecule has 0 unspecified atom stereocenters. The lowest BCUT2D eigenvalue weighted by atomic mass is 10.0. The van der Waals surface area contributed by atoms with Gasteiger partial charge in [0.25, 0.3) is 0 Å². The largest absolute Gasteiger partial charge is 0.496 e. The van der Waals surface area contributed by atoms with Gasteiger partial charge in [-0.3, -0.25) is 0 Å². The number of thiazole rings is 1. The fraction of sp³-hybridized carbons (Fsp3) is 0.308. The molecule has 0 aliphatic carbocycles. The molecule has 1 aromatic heterocycles. The molecular weight excluding hydrogens is 268 g/mol. The Hall–Kier alpha value is -1.10. The molecule has 5 heteroatoms. The SMILES string of the molecule is COc1cc(-c2scnc2C)ccc1[C@H](C)N.Cl. The first kappa shape index (κ1) is 15.0. The van der Waals surface area contributed by atoms with Crippen molar-refractivity contribution in [2.75, 3.05) is 7.11 Å². The number of aryl methyl sites for hydroxylation is 1. The standard InChI is InChI=1S/C13H16N2OS.ClH/c1-8(14)11-5-4-10(6-12(11)16-3)13-9(2)15-7-17-13;/h4-8H,14H2,1-3H3;1H/t8-;/m0./s1. The summed E-state index contributed by atoms with van der Waals surface area (Å²) in [7, 11) is 1.67. The molecule has 0 radical (unpaired) electrons. The Bertz CT molecular complexity index is 525. The number of nitrogens with zero attached hydrogens (tertiary/aromatic N) is 1. The first-order chi connectivity index (χ1) is 8.13. The van der Waals surface area contributed by atoms with Gasteiger partial charge in [0.15, 0.2) is 0 Å². The number of nitrogens with two attached hydrogens (primary N) is 1. The lowest BCUT2D eigenvalue weighted by Crippen LogP contribution is -2.06. The molecule has 0 fully saturated rings. The topological polar surface area (TPSA) is 48.1 Å². The van der Waals surface area contributed by atoms with Crippen LogP contribution in [0.1, 0.15) is 24.2 Å². The number of rotatable bonds is 3. The van der Waals surface area contributed by atoms with E-state index in [2.05, 4.69) is 11.1 Å². The van der Waals surface area contributed by atoms with Crippen LogP contribution in [0.15, 0.2) is 23.7 Å². The third-order valence-corrected chi connectivity index (χ3v) is 3.71. The molecular formula is C13H17ClN2OS. The van der Waals surface area contributed by atoms with Gasteiger partial charge in [-0.1, -0.05) is 12.1 Å². The van der Waals surface area contributed by atoms with Crippen molar-refractivity contribution in [1.82, 2.24) is 4.98 Å². The van der Waals surface area contributed by atoms with Crippen LogP contribution in [0.25, 0.3) is 10.4 Å². The average Bonchev–Trinajstić information content (AvgIpc) is 2.74. The Morgan fingerprint density at radius 1 is 1.39 bits per heavy atom. The maximum absolute atomic E-state index is 5.90. The number of methoxy groups -OCH3 is 1. The highest BCUT2D eigenvalue weighted by atomic mass is 35.5. The van der Waals surface area contributed by atoms with Crippen molar-refractivity contribution >= 4 is 23.7 Å². The van der Waals surface area contributed by atoms with E-state index in [1.807, 2.05) is 31.5 Å². The minimum Gasteiger partial charge on any atom is -0.496 e. The highest BCUT2D eigenvalue weighted by molar-refractivity contribution is 7.13. The Morgan fingerprint density at radius 2 is 2.11 bits per heavy atom. The van der Waals surface area contributed by atoms with Gasteiger partial charge in [-0.2, -0.15) is 0 Å². The summed E-state index contributed by atoms with van der Waals surface area (Å²) < 4.78 is 5.39. The van der Waals surface area contributed by atoms with Crippen LogP contribution < -0.4 is 10.5 Å². The Labute approximate surface area is 117 Å². The van der Waals surface area contributed by atoms with E-state index < -0.39 is 0 Å². The number of hydrogen-bond acceptors (Lipinski definition) is 4. The molecule has 98 valence electrons. The van der Waals surface area contributed by atoms with Gasteiger partial charge in [0.1, 0.15) is 5.75 Å². The lowest BCUT2D eigenvalue weighted by molar-refractivity contribution is 0.407. The Balaban J connectivity index is 0.00000162. The normalized spacial score (nSPS) is 11.8. The molecule has 0 spiro atoms. The highest BCUT2D eigenvalue weighted by Gasteiger charge is 2.11. The molecule has 2 N–H and O–H groups in total. The summed E-state index contributed by atoms with van der Waals surface area (Å²) in [5.41, 5.74) is 11.0. The van der Waals surface area contributed by atoms with Gasteiger partial charge in [-0.15, -0.1) is 23.7 Å². The molecule has 0 saturated heterocycles. The zero-order valence-corrected chi connectivity index (χ0v) is 12.3. The van der Waals surface area contributed by atoms with Gasteiger partial charge in [0.2, 0.25) is 0 Å². The van der Waals surface area contributed by atoms with Crippen LogP contribution in [0.3, 0.4) is 0 Å². The molecule has 0 saturated carbocycles. The van der Waals surface area contributed by atoms with E-state index in [0.717, 1.165) is 22.6 Å². The van der Waals surface area contributed by atoms with Crippen LogP contribution in [0, 0.1) is 6.92 Å². The second-order valence-electron chi connectivity index (χ2n) is 4.01. The van der Waals surface area contributed by atoms with E-state index in [1.54, 1.807) is 18.4 Å². The highest BCUT2D eigenvalue weighted by Crippen LogP contribution is 2.33. The molecule has 1 aromatic carbocycles. The molecule has 2 aromatic rings. The summed E-state index contributed by atoms with van der Waals surface area (Å²) in [6, 6.07) is 6.10. The summed E-state index contributed by atoms with van der Waals surface area (Å²) >= 11 is 1.64. The smallest absolute Gasteiger partial charge is 0.124 e. The van der Waals surface area contributed by atoms with Crippen molar-refractivity contribution in [3.63, 3.8) is 0 Å². The van der Waals surface area contributed by atoms with Crippen LogP contribution in [-0.4, -0.2) is 12.1 Å². The fourth-order valence-electron chi connectivity index (χ4n) is 1.81. The second kappa shape index (κ2) is 6.18. The van der Waals surface area contributed by atoms with Gasteiger partial charge >= 0.3 is 0 Å². The number of halogens is 1. The summed E-state index contributed by atoms with van der Waals surface area (Å²) in [4.78, 5) is 5.44. The minimum absolute atomic E-state index is 0. The minimum atomic E-state index is -0.0263. The monoisotopic (exact) mass is 284 g/mol. The van der Waals surface area contributed by atoms with Gasteiger partial charge in [0.05, 0.1) is 23.2 Å². The average molecular weight is 285 g/mol. The van der Waals surface area contributed by atoms with E-state index >= 15 is 0 Å². The van der Waals surface area contributed by atoms with Crippen molar-refractivity contribution in [2.45, 2.75) is 19.9 Å². The number of hydrogen-bond donors (Lipinski definition) is 1. The van der Waals surface area contributed by atoms with Gasteiger partial charge in [-0.05, 0) is 25.5 Å². The lowest BCUT2D eigenvalue weighted by Gasteiger charge is -2.13. The van der Waals surface area contributed by atoms with Gasteiger partial charge < -0.3 is 10.5 Å². The number of aromatic nitrogens is 1. The van der Waals surface area contributed by atoms with Crippen LogP contribution >= 0.6 is 23.7 Å². The summed E-state index contributed by atoms with van der Waals surface area (Å²) in [5, 5.41) is 0. The third kappa shape index (κ3) is 2.83. The zero-order valence-electron chi connectivity index (χ0n) is 10.6. The first-order valence-corrected chi connectivity index (χ1v) is 6.35. The first-order valence-electron chi connectivity index (χ1n) is 5.47. The van der Waals surface area contributed by atoms with Crippen LogP contribution in [0.2, 0.25) is 0 Å². The molecule has 3 nitrogen and oxygen atoms in total. The molecule has 0 aliphatic heterocycles. The van der Waals surface area contributed by atoms with Crippen molar-refractivity contribution in [3.8, 4) is 16.2 Å². The van der Waals surface area contributed by atoms with Crippen LogP contribution in [0.5, 0.6) is 5.75 Å². The molecule has 1 heterocycles. The predicted octanol–water partition coefficient (Wildman–Crippen LogP) is 3.57. The molecule has 0 amide bonds. The zero-order chi connectivity index (χ0) is 12.4. The van der Waals surface area contributed by atoms with Gasteiger partial charge in [-0.25, -0.2) is 4.98 Å². The van der Waals surface area contributed by atoms with Crippen molar-refractivity contribution < 1.29 is 4.74 Å². The molecule has 1 atom stereocenters. The predicted molar refractivity (Wildman–Crippen MR) is 78.7 cm³/mol. The Kier molecular flexibility index (Phi) is 5.14. The summed E-state index contributed by atoms with van der Waals surface area (Å²) in [5.74, 6) is 0.838. The maximum Gasteiger partial charge on any atom is 0.124 e. The van der Waals surface area contributed by atoms with Crippen LogP contribution in [-0.2, 0) is 0 Å². The summed E-state index contributed by atoms with van der Waals surface area (Å²) in [6.45, 7) is 3.97. The van der Waals surface area contributed by atoms with Crippen molar-refractivity contribution in [1.29, 1.82) is 0 Å². The second-order valence-corrected chi connectivity index (χ2v) is 4.87. The third-order valence-electron chi connectivity index (χ3n) is 2.73. The van der Waals surface area contributed by atoms with E-state index in [9.17, 15) is 0 Å².